The van der Waals surface area contributed by atoms with Crippen LogP contribution in [0.25, 0.3) is 0 Å². The van der Waals surface area contributed by atoms with Crippen molar-refractivity contribution in [2.45, 2.75) is 45.4 Å². The minimum absolute atomic E-state index is 0.196. The Morgan fingerprint density at radius 2 is 2.00 bits per heavy atom. The van der Waals surface area contributed by atoms with Crippen LogP contribution in [-0.2, 0) is 0 Å². The molecule has 3 unspecified atom stereocenters. The van der Waals surface area contributed by atoms with E-state index in [1.54, 1.807) is 0 Å². The van der Waals surface area contributed by atoms with E-state index in [-0.39, 0.29) is 12.1 Å². The number of thioether (sulfide) groups is 1. The molecule has 74 valence electrons. The lowest BCUT2D eigenvalue weighted by Gasteiger charge is -2.23. The first-order valence-electron chi connectivity index (χ1n) is 4.54. The van der Waals surface area contributed by atoms with Crippen LogP contribution < -0.4 is 5.32 Å². The lowest BCUT2D eigenvalue weighted by Crippen LogP contribution is -2.43. The van der Waals surface area contributed by atoms with Crippen molar-refractivity contribution in [3.63, 3.8) is 0 Å². The summed E-state index contributed by atoms with van der Waals surface area (Å²) < 4.78 is 0. The predicted octanol–water partition coefficient (Wildman–Crippen LogP) is 1.49. The van der Waals surface area contributed by atoms with Crippen LogP contribution in [0.1, 0.15) is 27.2 Å². The Hall–Kier alpha value is 0.270. The molecule has 0 amide bonds. The molecule has 0 bridgehead atoms. The summed E-state index contributed by atoms with van der Waals surface area (Å²) in [6.45, 7) is 6.01. The van der Waals surface area contributed by atoms with E-state index < -0.39 is 0 Å². The summed E-state index contributed by atoms with van der Waals surface area (Å²) >= 11 is 1.84. The highest BCUT2D eigenvalue weighted by Crippen LogP contribution is 2.03. The van der Waals surface area contributed by atoms with Gasteiger partial charge in [0.25, 0.3) is 0 Å². The smallest absolute Gasteiger partial charge is 0.0662 e. The number of aliphatic hydroxyl groups is 1. The predicted molar refractivity (Wildman–Crippen MR) is 56.7 cm³/mol. The first-order valence-corrected chi connectivity index (χ1v) is 5.94. The third kappa shape index (κ3) is 5.01. The van der Waals surface area contributed by atoms with Gasteiger partial charge in [0, 0.05) is 17.8 Å². The van der Waals surface area contributed by atoms with E-state index in [2.05, 4.69) is 18.5 Å². The third-order valence-electron chi connectivity index (χ3n) is 2.08. The molecule has 2 nitrogen and oxygen atoms in total. The van der Waals surface area contributed by atoms with Crippen molar-refractivity contribution >= 4 is 11.8 Å². The zero-order valence-electron chi connectivity index (χ0n) is 8.50. The molecule has 0 aromatic heterocycles. The maximum absolute atomic E-state index is 9.26. The van der Waals surface area contributed by atoms with Crippen LogP contribution in [0.5, 0.6) is 0 Å². The van der Waals surface area contributed by atoms with Gasteiger partial charge in [-0.05, 0) is 26.5 Å². The van der Waals surface area contributed by atoms with Crippen LogP contribution in [0.4, 0.5) is 0 Å². The molecular formula is C9H21NOS. The molecule has 0 aromatic carbocycles. The maximum Gasteiger partial charge on any atom is 0.0662 e. The third-order valence-corrected chi connectivity index (χ3v) is 2.82. The Bertz CT molecular complexity index is 109. The second-order valence-electron chi connectivity index (χ2n) is 3.26. The van der Waals surface area contributed by atoms with E-state index in [4.69, 9.17) is 0 Å². The maximum atomic E-state index is 9.26. The van der Waals surface area contributed by atoms with Gasteiger partial charge >= 0.3 is 0 Å². The molecule has 3 atom stereocenters. The molecule has 0 radical (unpaired) electrons. The summed E-state index contributed by atoms with van der Waals surface area (Å²) in [7, 11) is 0. The van der Waals surface area contributed by atoms with Crippen molar-refractivity contribution in [1.82, 2.24) is 5.32 Å². The summed E-state index contributed by atoms with van der Waals surface area (Å²) in [6.07, 6.45) is 2.97. The van der Waals surface area contributed by atoms with Gasteiger partial charge in [-0.2, -0.15) is 11.8 Å². The van der Waals surface area contributed by atoms with Gasteiger partial charge in [-0.25, -0.2) is 0 Å². The number of hydrogen-bond donors (Lipinski definition) is 2. The summed E-state index contributed by atoms with van der Waals surface area (Å²) in [5.41, 5.74) is 0. The second-order valence-corrected chi connectivity index (χ2v) is 4.17. The molecule has 2 N–H and O–H groups in total. The number of rotatable bonds is 6. The first kappa shape index (κ1) is 12.3. The average molecular weight is 191 g/mol. The van der Waals surface area contributed by atoms with Gasteiger partial charge in [-0.1, -0.05) is 6.92 Å². The highest BCUT2D eigenvalue weighted by Gasteiger charge is 2.12. The number of nitrogens with one attached hydrogen (secondary N) is 1. The minimum atomic E-state index is -0.263. The van der Waals surface area contributed by atoms with E-state index in [1.165, 1.54) is 0 Å². The van der Waals surface area contributed by atoms with Crippen molar-refractivity contribution in [2.75, 3.05) is 12.0 Å². The van der Waals surface area contributed by atoms with E-state index >= 15 is 0 Å². The molecule has 3 heteroatoms. The van der Waals surface area contributed by atoms with Gasteiger partial charge in [0.2, 0.25) is 0 Å². The molecular weight excluding hydrogens is 170 g/mol. The molecule has 0 rings (SSSR count). The summed E-state index contributed by atoms with van der Waals surface area (Å²) in [5, 5.41) is 12.7. The molecule has 0 heterocycles. The SMILES string of the molecule is CCC(CSC)NC(C)C(C)O. The van der Waals surface area contributed by atoms with Crippen LogP contribution in [0, 0.1) is 0 Å². The van der Waals surface area contributed by atoms with Gasteiger partial charge in [0.1, 0.15) is 0 Å². The highest BCUT2D eigenvalue weighted by atomic mass is 32.2. The zero-order valence-corrected chi connectivity index (χ0v) is 9.32. The number of aliphatic hydroxyl groups excluding tert-OH is 1. The van der Waals surface area contributed by atoms with Gasteiger partial charge in [-0.15, -0.1) is 0 Å². The monoisotopic (exact) mass is 191 g/mol. The lowest BCUT2D eigenvalue weighted by atomic mass is 10.1. The fraction of sp³-hybridized carbons (Fsp3) is 1.00. The van der Waals surface area contributed by atoms with Crippen molar-refractivity contribution in [2.24, 2.45) is 0 Å². The van der Waals surface area contributed by atoms with Gasteiger partial charge in [0.15, 0.2) is 0 Å². The Morgan fingerprint density at radius 3 is 2.33 bits per heavy atom. The topological polar surface area (TPSA) is 32.3 Å². The Morgan fingerprint density at radius 1 is 1.42 bits per heavy atom. The van der Waals surface area contributed by atoms with Crippen LogP contribution in [-0.4, -0.2) is 35.3 Å². The normalized spacial score (nSPS) is 18.8. The lowest BCUT2D eigenvalue weighted by molar-refractivity contribution is 0.147. The minimum Gasteiger partial charge on any atom is -0.392 e. The highest BCUT2D eigenvalue weighted by molar-refractivity contribution is 7.98. The van der Waals surface area contributed by atoms with Crippen LogP contribution in [0.15, 0.2) is 0 Å². The quantitative estimate of drug-likeness (QED) is 0.667. The van der Waals surface area contributed by atoms with Crippen LogP contribution >= 0.6 is 11.8 Å². The second kappa shape index (κ2) is 6.75. The average Bonchev–Trinajstić information content (AvgIpc) is 2.03. The van der Waals surface area contributed by atoms with E-state index in [1.807, 2.05) is 25.6 Å². The van der Waals surface area contributed by atoms with Crippen molar-refractivity contribution in [3.8, 4) is 0 Å². The Balaban J connectivity index is 3.68. The van der Waals surface area contributed by atoms with E-state index in [9.17, 15) is 5.11 Å². The van der Waals surface area contributed by atoms with Crippen molar-refractivity contribution in [1.29, 1.82) is 0 Å². The molecule has 0 fully saturated rings. The molecule has 0 spiro atoms. The first-order chi connectivity index (χ1) is 5.61. The van der Waals surface area contributed by atoms with Crippen molar-refractivity contribution < 1.29 is 5.11 Å². The Kier molecular flexibility index (Phi) is 6.90. The fourth-order valence-electron chi connectivity index (χ4n) is 0.996. The van der Waals surface area contributed by atoms with Gasteiger partial charge in [-0.3, -0.25) is 0 Å². The fourth-order valence-corrected chi connectivity index (χ4v) is 1.73. The molecule has 0 aliphatic rings. The van der Waals surface area contributed by atoms with Crippen LogP contribution in [0.2, 0.25) is 0 Å². The molecule has 0 saturated heterocycles. The molecule has 0 aromatic rings. The van der Waals surface area contributed by atoms with Gasteiger partial charge in [0.05, 0.1) is 6.10 Å². The summed E-state index contributed by atoms with van der Waals surface area (Å²) in [5.74, 6) is 1.12. The number of hydrogen-bond acceptors (Lipinski definition) is 3. The van der Waals surface area contributed by atoms with E-state index in [0.717, 1.165) is 12.2 Å². The zero-order chi connectivity index (χ0) is 9.56. The molecule has 0 aliphatic carbocycles. The molecule has 0 aliphatic heterocycles. The van der Waals surface area contributed by atoms with Crippen LogP contribution in [0.3, 0.4) is 0 Å². The summed E-state index contributed by atoms with van der Waals surface area (Å²) in [6, 6.07) is 0.728. The van der Waals surface area contributed by atoms with Gasteiger partial charge < -0.3 is 10.4 Å². The standard InChI is InChI=1S/C9H21NOS/c1-5-9(6-12-4)10-7(2)8(3)11/h7-11H,5-6H2,1-4H3. The molecule has 0 saturated carbocycles. The van der Waals surface area contributed by atoms with Crippen molar-refractivity contribution in [3.05, 3.63) is 0 Å². The largest absolute Gasteiger partial charge is 0.392 e. The summed E-state index contributed by atoms with van der Waals surface area (Å²) in [4.78, 5) is 0. The van der Waals surface area contributed by atoms with E-state index in [0.29, 0.717) is 6.04 Å². The molecule has 12 heavy (non-hydrogen) atoms. The Labute approximate surface area is 80.1 Å².